The molecule has 6 nitrogen and oxygen atoms in total. The van der Waals surface area contributed by atoms with Gasteiger partial charge in [-0.2, -0.15) is 0 Å². The Morgan fingerprint density at radius 3 is 2.45 bits per heavy atom. The van der Waals surface area contributed by atoms with E-state index in [0.717, 1.165) is 11.1 Å². The molecule has 0 radical (unpaired) electrons. The largest absolute Gasteiger partial charge is 0.504 e. The van der Waals surface area contributed by atoms with E-state index in [1.165, 1.54) is 6.08 Å². The lowest BCUT2D eigenvalue weighted by atomic mass is 9.58. The van der Waals surface area contributed by atoms with E-state index in [1.807, 2.05) is 27.7 Å². The van der Waals surface area contributed by atoms with Gasteiger partial charge >= 0.3 is 11.9 Å². The number of carbonyl (C=O) groups is 3. The van der Waals surface area contributed by atoms with Crippen molar-refractivity contribution in [2.45, 2.75) is 73.8 Å². The molecule has 31 heavy (non-hydrogen) atoms. The van der Waals surface area contributed by atoms with Gasteiger partial charge < -0.3 is 14.6 Å². The van der Waals surface area contributed by atoms with Crippen LogP contribution in [-0.4, -0.2) is 35.5 Å². The van der Waals surface area contributed by atoms with E-state index in [0.29, 0.717) is 36.0 Å². The number of fused-ring (bicyclic) bond motifs is 1. The molecular weight excluding hydrogens is 396 g/mol. The topological polar surface area (TPSA) is 89.9 Å². The zero-order valence-corrected chi connectivity index (χ0v) is 19.6. The number of aliphatic hydroxyl groups is 1. The fourth-order valence-corrected chi connectivity index (χ4v) is 4.29. The summed E-state index contributed by atoms with van der Waals surface area (Å²) in [6, 6.07) is 0. The molecule has 2 aliphatic carbocycles. The minimum Gasteiger partial charge on any atom is -0.504 e. The summed E-state index contributed by atoms with van der Waals surface area (Å²) in [6.45, 7) is 12.9. The number of ether oxygens (including phenoxy) is 2. The van der Waals surface area contributed by atoms with Crippen molar-refractivity contribution in [1.29, 1.82) is 0 Å². The van der Waals surface area contributed by atoms with Crippen molar-refractivity contribution >= 4 is 17.7 Å². The maximum absolute atomic E-state index is 12.5. The first-order valence-corrected chi connectivity index (χ1v) is 10.7. The van der Waals surface area contributed by atoms with Gasteiger partial charge in [0.15, 0.2) is 5.76 Å². The molecule has 0 bridgehead atoms. The number of ketones is 1. The zero-order chi connectivity index (χ0) is 23.5. The van der Waals surface area contributed by atoms with E-state index < -0.39 is 17.4 Å². The molecule has 1 saturated carbocycles. The van der Waals surface area contributed by atoms with Gasteiger partial charge in [-0.05, 0) is 65.0 Å². The van der Waals surface area contributed by atoms with Crippen molar-refractivity contribution in [2.75, 3.05) is 6.61 Å². The highest BCUT2D eigenvalue weighted by molar-refractivity contribution is 6.08. The Morgan fingerprint density at radius 2 is 1.87 bits per heavy atom. The normalized spacial score (nSPS) is 27.1. The van der Waals surface area contributed by atoms with Gasteiger partial charge in [-0.1, -0.05) is 25.5 Å². The smallest absolute Gasteiger partial charge is 0.333 e. The molecule has 0 spiro atoms. The first-order chi connectivity index (χ1) is 14.4. The zero-order valence-electron chi connectivity index (χ0n) is 19.6. The number of esters is 2. The lowest BCUT2D eigenvalue weighted by Crippen LogP contribution is -2.46. The van der Waals surface area contributed by atoms with Crippen molar-refractivity contribution in [3.05, 3.63) is 45.8 Å². The average molecular weight is 431 g/mol. The van der Waals surface area contributed by atoms with Crippen LogP contribution in [0.15, 0.2) is 45.8 Å². The van der Waals surface area contributed by atoms with Crippen LogP contribution in [0.3, 0.4) is 0 Å². The van der Waals surface area contributed by atoms with Gasteiger partial charge in [0.1, 0.15) is 12.7 Å². The molecule has 0 aromatic carbocycles. The van der Waals surface area contributed by atoms with Gasteiger partial charge in [-0.3, -0.25) is 4.79 Å². The minimum atomic E-state index is -0.484. The third-order valence-corrected chi connectivity index (χ3v) is 6.67. The molecule has 2 rings (SSSR count). The summed E-state index contributed by atoms with van der Waals surface area (Å²) in [5, 5.41) is 10.6. The molecule has 2 aliphatic rings. The Morgan fingerprint density at radius 1 is 1.23 bits per heavy atom. The average Bonchev–Trinajstić information content (AvgIpc) is 2.71. The molecule has 1 fully saturated rings. The van der Waals surface area contributed by atoms with Gasteiger partial charge in [0.2, 0.25) is 5.78 Å². The van der Waals surface area contributed by atoms with E-state index in [9.17, 15) is 19.5 Å². The van der Waals surface area contributed by atoms with Crippen LogP contribution < -0.4 is 0 Å². The van der Waals surface area contributed by atoms with E-state index in [1.54, 1.807) is 26.8 Å². The van der Waals surface area contributed by atoms with Gasteiger partial charge in [0, 0.05) is 28.6 Å². The lowest BCUT2D eigenvalue weighted by Gasteiger charge is -2.48. The quantitative estimate of drug-likeness (QED) is 0.492. The van der Waals surface area contributed by atoms with E-state index in [-0.39, 0.29) is 30.2 Å². The summed E-state index contributed by atoms with van der Waals surface area (Å²) < 4.78 is 10.9. The molecule has 3 atom stereocenters. The maximum atomic E-state index is 12.5. The second kappa shape index (κ2) is 9.67. The maximum Gasteiger partial charge on any atom is 0.333 e. The first-order valence-electron chi connectivity index (χ1n) is 10.7. The summed E-state index contributed by atoms with van der Waals surface area (Å²) in [6.07, 6.45) is 4.26. The second-order valence-electron chi connectivity index (χ2n) is 9.07. The summed E-state index contributed by atoms with van der Waals surface area (Å²) in [5.41, 5.74) is 2.94. The van der Waals surface area contributed by atoms with E-state index in [2.05, 4.69) is 0 Å². The second-order valence-corrected chi connectivity index (χ2v) is 9.07. The molecule has 0 aromatic heterocycles. The van der Waals surface area contributed by atoms with Crippen molar-refractivity contribution in [3.63, 3.8) is 0 Å². The number of allylic oxidation sites excluding steroid dienone is 4. The number of carbonyl (C=O) groups excluding carboxylic acids is 3. The molecule has 0 amide bonds. The molecule has 0 heterocycles. The van der Waals surface area contributed by atoms with Gasteiger partial charge in [-0.15, -0.1) is 0 Å². The fraction of sp³-hybridized carbons (Fsp3) is 0.560. The van der Waals surface area contributed by atoms with Gasteiger partial charge in [0.25, 0.3) is 0 Å². The monoisotopic (exact) mass is 430 g/mol. The third kappa shape index (κ3) is 5.17. The Hall–Kier alpha value is -2.63. The SMILES string of the molecule is CC=C(C)C(=O)OCC(C)=CC(=O)OC1CCC2=C(O)C(=O)C(=C(C)C)CC2(C)C1C. The molecule has 0 saturated heterocycles. The number of hydrogen-bond acceptors (Lipinski definition) is 6. The standard InChI is InChI=1S/C25H34O6/c1-8-16(5)24(29)30-13-15(4)11-21(26)31-20-10-9-19-23(28)22(27)18(14(2)3)12-25(19,7)17(20)6/h8,11,17,20,28H,9-10,12-13H2,1-7H3. The van der Waals surface area contributed by atoms with Crippen LogP contribution in [0.25, 0.3) is 0 Å². The van der Waals surface area contributed by atoms with E-state index >= 15 is 0 Å². The Labute approximate surface area is 184 Å². The number of rotatable bonds is 5. The van der Waals surface area contributed by atoms with Gasteiger partial charge in [0.05, 0.1) is 0 Å². The molecule has 0 aromatic rings. The van der Waals surface area contributed by atoms with Crippen molar-refractivity contribution in [1.82, 2.24) is 0 Å². The summed E-state index contributed by atoms with van der Waals surface area (Å²) in [7, 11) is 0. The Kier molecular flexibility index (Phi) is 7.68. The highest BCUT2D eigenvalue weighted by Crippen LogP contribution is 2.53. The molecule has 1 N–H and O–H groups in total. The van der Waals surface area contributed by atoms with Crippen LogP contribution in [-0.2, 0) is 23.9 Å². The first kappa shape index (κ1) is 24.6. The molecule has 3 unspecified atom stereocenters. The highest BCUT2D eigenvalue weighted by atomic mass is 16.5. The molecule has 170 valence electrons. The van der Waals surface area contributed by atoms with Crippen molar-refractivity contribution in [2.24, 2.45) is 11.3 Å². The Bertz CT molecular complexity index is 897. The van der Waals surface area contributed by atoms with Crippen molar-refractivity contribution < 1.29 is 29.0 Å². The van der Waals surface area contributed by atoms with Gasteiger partial charge in [-0.25, -0.2) is 9.59 Å². The van der Waals surface area contributed by atoms with Crippen LogP contribution in [0.1, 0.15) is 67.7 Å². The summed E-state index contributed by atoms with van der Waals surface area (Å²) in [4.78, 5) is 36.7. The number of aliphatic hydroxyl groups excluding tert-OH is 1. The molecule has 6 heteroatoms. The molecule has 0 aliphatic heterocycles. The lowest BCUT2D eigenvalue weighted by molar-refractivity contribution is -0.150. The van der Waals surface area contributed by atoms with Crippen LogP contribution in [0.5, 0.6) is 0 Å². The predicted molar refractivity (Wildman–Crippen MR) is 118 cm³/mol. The van der Waals surface area contributed by atoms with Crippen LogP contribution in [0.2, 0.25) is 0 Å². The summed E-state index contributed by atoms with van der Waals surface area (Å²) in [5.74, 6) is -1.40. The predicted octanol–water partition coefficient (Wildman–Crippen LogP) is 4.91. The Balaban J connectivity index is 2.11. The van der Waals surface area contributed by atoms with Crippen LogP contribution in [0.4, 0.5) is 0 Å². The third-order valence-electron chi connectivity index (χ3n) is 6.67. The fourth-order valence-electron chi connectivity index (χ4n) is 4.29. The molecular formula is C25H34O6. The number of hydrogen-bond donors (Lipinski definition) is 1. The van der Waals surface area contributed by atoms with Crippen LogP contribution >= 0.6 is 0 Å². The highest BCUT2D eigenvalue weighted by Gasteiger charge is 2.50. The summed E-state index contributed by atoms with van der Waals surface area (Å²) >= 11 is 0. The van der Waals surface area contributed by atoms with E-state index in [4.69, 9.17) is 9.47 Å². The minimum absolute atomic E-state index is 0.0177. The van der Waals surface area contributed by atoms with Crippen LogP contribution in [0, 0.1) is 11.3 Å². The number of Topliss-reactive ketones (excluding diaryl/α,β-unsaturated/α-hetero) is 1. The van der Waals surface area contributed by atoms with Crippen molar-refractivity contribution in [3.8, 4) is 0 Å².